The van der Waals surface area contributed by atoms with E-state index in [0.29, 0.717) is 13.0 Å². The van der Waals surface area contributed by atoms with Crippen LogP contribution in [0, 0.1) is 0 Å². The lowest BCUT2D eigenvalue weighted by Gasteiger charge is -2.12. The van der Waals surface area contributed by atoms with Crippen LogP contribution in [0.3, 0.4) is 0 Å². The molecule has 0 amide bonds. The second-order valence-electron chi connectivity index (χ2n) is 4.82. The molecule has 0 saturated heterocycles. The van der Waals surface area contributed by atoms with Gasteiger partial charge < -0.3 is 30.3 Å². The maximum atomic E-state index is 12.4. The molecule has 0 aromatic heterocycles. The van der Waals surface area contributed by atoms with E-state index in [-0.39, 0.29) is 16.9 Å². The van der Waals surface area contributed by atoms with E-state index in [2.05, 4.69) is 0 Å². The average molecular weight is 320 g/mol. The Balaban J connectivity index is 2.45. The summed E-state index contributed by atoms with van der Waals surface area (Å²) in [4.78, 5) is 12.4. The first-order valence-electron chi connectivity index (χ1n) is 6.84. The Hall–Kier alpha value is -3.09. The first kappa shape index (κ1) is 16.3. The van der Waals surface area contributed by atoms with E-state index in [9.17, 15) is 30.3 Å². The third kappa shape index (κ3) is 2.94. The summed E-state index contributed by atoms with van der Waals surface area (Å²) in [6.45, 7) is 2.20. The molecule has 0 aliphatic carbocycles. The Bertz CT molecular complexity index is 753. The number of carbonyl (C=O) groups excluding carboxylic acids is 1. The van der Waals surface area contributed by atoms with Crippen molar-refractivity contribution in [2.45, 2.75) is 13.3 Å². The zero-order valence-corrected chi connectivity index (χ0v) is 12.3. The molecule has 0 saturated carbocycles. The summed E-state index contributed by atoms with van der Waals surface area (Å²) in [5, 5.41) is 48.3. The van der Waals surface area contributed by atoms with Crippen LogP contribution in [-0.2, 0) is 0 Å². The first-order chi connectivity index (χ1) is 10.9. The number of aromatic hydroxyl groups is 5. The zero-order chi connectivity index (χ0) is 17.1. The van der Waals surface area contributed by atoms with Gasteiger partial charge in [-0.25, -0.2) is 0 Å². The maximum absolute atomic E-state index is 12.4. The second-order valence-corrected chi connectivity index (χ2v) is 4.82. The van der Waals surface area contributed by atoms with Gasteiger partial charge in [0, 0.05) is 0 Å². The third-order valence-corrected chi connectivity index (χ3v) is 3.20. The number of carbonyl (C=O) groups is 1. The maximum Gasteiger partial charge on any atom is 0.201 e. The molecular formula is C16H16O7. The topological polar surface area (TPSA) is 127 Å². The Kier molecular flexibility index (Phi) is 4.49. The van der Waals surface area contributed by atoms with Gasteiger partial charge >= 0.3 is 0 Å². The number of phenolic OH excluding ortho intramolecular Hbond substituents is 5. The van der Waals surface area contributed by atoms with E-state index in [0.717, 1.165) is 12.1 Å². The number of benzene rings is 2. The lowest BCUT2D eigenvalue weighted by molar-refractivity contribution is 0.103. The molecule has 122 valence electrons. The van der Waals surface area contributed by atoms with Crippen LogP contribution < -0.4 is 4.74 Å². The van der Waals surface area contributed by atoms with E-state index >= 15 is 0 Å². The minimum absolute atomic E-state index is 0.0266. The summed E-state index contributed by atoms with van der Waals surface area (Å²) >= 11 is 0. The number of hydrogen-bond acceptors (Lipinski definition) is 7. The molecule has 2 aromatic carbocycles. The van der Waals surface area contributed by atoms with Crippen LogP contribution >= 0.6 is 0 Å². The lowest BCUT2D eigenvalue weighted by atomic mass is 10.00. The van der Waals surface area contributed by atoms with Crippen molar-refractivity contribution in [3.63, 3.8) is 0 Å². The van der Waals surface area contributed by atoms with E-state index < -0.39 is 34.5 Å². The number of ketones is 1. The highest BCUT2D eigenvalue weighted by Crippen LogP contribution is 2.42. The molecule has 0 unspecified atom stereocenters. The van der Waals surface area contributed by atoms with Gasteiger partial charge in [-0.2, -0.15) is 0 Å². The van der Waals surface area contributed by atoms with Gasteiger partial charge in [0.05, 0.1) is 17.7 Å². The SMILES string of the molecule is CCCOc1ccc(C(=O)c2ccc(O)c(O)c2O)c(O)c1O. The van der Waals surface area contributed by atoms with Crippen LogP contribution in [0.1, 0.15) is 29.3 Å². The smallest absolute Gasteiger partial charge is 0.201 e. The Morgan fingerprint density at radius 2 is 1.43 bits per heavy atom. The standard InChI is InChI=1S/C16H16O7/c1-2-7-23-11-6-4-9(14(20)16(11)22)12(18)8-3-5-10(17)15(21)13(8)19/h3-6,17,19-22H,2,7H2,1H3. The van der Waals surface area contributed by atoms with Gasteiger partial charge in [-0.05, 0) is 30.7 Å². The fourth-order valence-corrected chi connectivity index (χ4v) is 1.97. The van der Waals surface area contributed by atoms with Crippen molar-refractivity contribution in [1.29, 1.82) is 0 Å². The van der Waals surface area contributed by atoms with Crippen LogP contribution in [0.2, 0.25) is 0 Å². The van der Waals surface area contributed by atoms with E-state index in [4.69, 9.17) is 4.74 Å². The highest BCUT2D eigenvalue weighted by atomic mass is 16.5. The summed E-state index contributed by atoms with van der Waals surface area (Å²) < 4.78 is 5.22. The first-order valence-corrected chi connectivity index (χ1v) is 6.84. The Morgan fingerprint density at radius 3 is 2.04 bits per heavy atom. The van der Waals surface area contributed by atoms with E-state index in [1.54, 1.807) is 0 Å². The molecular weight excluding hydrogens is 304 g/mol. The Morgan fingerprint density at radius 1 is 0.870 bits per heavy atom. The van der Waals surface area contributed by atoms with Crippen LogP contribution in [0.5, 0.6) is 34.5 Å². The number of ether oxygens (including phenoxy) is 1. The third-order valence-electron chi connectivity index (χ3n) is 3.20. The summed E-state index contributed by atoms with van der Waals surface area (Å²) in [7, 11) is 0. The zero-order valence-electron chi connectivity index (χ0n) is 12.3. The van der Waals surface area contributed by atoms with E-state index in [1.165, 1.54) is 12.1 Å². The van der Waals surface area contributed by atoms with Crippen molar-refractivity contribution in [2.75, 3.05) is 6.61 Å². The quantitative estimate of drug-likeness (QED) is 0.422. The molecule has 23 heavy (non-hydrogen) atoms. The van der Waals surface area contributed by atoms with Crippen LogP contribution in [-0.4, -0.2) is 37.9 Å². The average Bonchev–Trinajstić information content (AvgIpc) is 2.53. The molecule has 0 fully saturated rings. The molecule has 7 heteroatoms. The minimum atomic E-state index is -0.845. The van der Waals surface area contributed by atoms with Gasteiger partial charge in [0.25, 0.3) is 0 Å². The molecule has 0 spiro atoms. The normalized spacial score (nSPS) is 10.5. The summed E-state index contributed by atoms with van der Waals surface area (Å²) in [6.07, 6.45) is 0.696. The highest BCUT2D eigenvalue weighted by molar-refractivity contribution is 6.13. The number of phenols is 5. The summed E-state index contributed by atoms with van der Waals surface area (Å²) in [6, 6.07) is 4.66. The molecule has 0 atom stereocenters. The predicted octanol–water partition coefficient (Wildman–Crippen LogP) is 2.23. The van der Waals surface area contributed by atoms with Crippen molar-refractivity contribution < 1.29 is 35.1 Å². The molecule has 0 radical (unpaired) electrons. The van der Waals surface area contributed by atoms with Crippen molar-refractivity contribution in [2.24, 2.45) is 0 Å². The number of hydrogen-bond donors (Lipinski definition) is 5. The minimum Gasteiger partial charge on any atom is -0.504 e. The fourth-order valence-electron chi connectivity index (χ4n) is 1.97. The van der Waals surface area contributed by atoms with Gasteiger partial charge in [-0.3, -0.25) is 4.79 Å². The molecule has 0 aliphatic rings. The van der Waals surface area contributed by atoms with Gasteiger partial charge in [-0.15, -0.1) is 0 Å². The van der Waals surface area contributed by atoms with Crippen molar-refractivity contribution in [3.8, 4) is 34.5 Å². The summed E-state index contributed by atoms with van der Waals surface area (Å²) in [5.41, 5.74) is -0.621. The molecule has 2 aromatic rings. The molecule has 0 heterocycles. The van der Waals surface area contributed by atoms with E-state index in [1.807, 2.05) is 6.92 Å². The van der Waals surface area contributed by atoms with Crippen LogP contribution in [0.15, 0.2) is 24.3 Å². The van der Waals surface area contributed by atoms with Crippen molar-refractivity contribution >= 4 is 5.78 Å². The summed E-state index contributed by atoms with van der Waals surface area (Å²) in [5.74, 6) is -4.36. The lowest BCUT2D eigenvalue weighted by Crippen LogP contribution is -2.03. The molecule has 2 rings (SSSR count). The second kappa shape index (κ2) is 6.35. The fraction of sp³-hybridized carbons (Fsp3) is 0.188. The molecule has 5 N–H and O–H groups in total. The van der Waals surface area contributed by atoms with Crippen LogP contribution in [0.4, 0.5) is 0 Å². The van der Waals surface area contributed by atoms with Gasteiger partial charge in [0.15, 0.2) is 23.0 Å². The largest absolute Gasteiger partial charge is 0.504 e. The van der Waals surface area contributed by atoms with Gasteiger partial charge in [0.2, 0.25) is 17.3 Å². The monoisotopic (exact) mass is 320 g/mol. The predicted molar refractivity (Wildman–Crippen MR) is 80.4 cm³/mol. The molecule has 0 aliphatic heterocycles. The van der Waals surface area contributed by atoms with Crippen molar-refractivity contribution in [1.82, 2.24) is 0 Å². The Labute approximate surface area is 131 Å². The van der Waals surface area contributed by atoms with Gasteiger partial charge in [-0.1, -0.05) is 6.92 Å². The highest BCUT2D eigenvalue weighted by Gasteiger charge is 2.23. The molecule has 0 bridgehead atoms. The van der Waals surface area contributed by atoms with Crippen molar-refractivity contribution in [3.05, 3.63) is 35.4 Å². The van der Waals surface area contributed by atoms with Crippen LogP contribution in [0.25, 0.3) is 0 Å². The van der Waals surface area contributed by atoms with Gasteiger partial charge in [0.1, 0.15) is 0 Å². The molecule has 7 nitrogen and oxygen atoms in total. The number of rotatable bonds is 5.